The fourth-order valence-corrected chi connectivity index (χ4v) is 1.86. The van der Waals surface area contributed by atoms with Gasteiger partial charge in [-0.1, -0.05) is 25.5 Å². The van der Waals surface area contributed by atoms with Gasteiger partial charge in [0.1, 0.15) is 0 Å². The van der Waals surface area contributed by atoms with Crippen LogP contribution in [0.5, 0.6) is 11.5 Å². The van der Waals surface area contributed by atoms with Crippen molar-refractivity contribution in [3.63, 3.8) is 0 Å². The molecule has 0 spiro atoms. The second-order valence-corrected chi connectivity index (χ2v) is 3.96. The number of hydrogen-bond donors (Lipinski definition) is 2. The molecule has 1 aromatic rings. The molecule has 0 aliphatic carbocycles. The Morgan fingerprint density at radius 2 is 1.94 bits per heavy atom. The van der Waals surface area contributed by atoms with E-state index in [1.54, 1.807) is 20.3 Å². The topological polar surface area (TPSA) is 64.7 Å². The number of para-hydroxylation sites is 1. The van der Waals surface area contributed by atoms with Crippen molar-refractivity contribution < 1.29 is 14.6 Å². The molecule has 0 saturated heterocycles. The summed E-state index contributed by atoms with van der Waals surface area (Å²) in [5.74, 6) is 1.22. The van der Waals surface area contributed by atoms with Crippen molar-refractivity contribution in [2.24, 2.45) is 5.73 Å². The Hall–Kier alpha value is -0.970. The van der Waals surface area contributed by atoms with Gasteiger partial charge in [-0.3, -0.25) is 0 Å². The molecule has 3 N–H and O–H groups in total. The summed E-state index contributed by atoms with van der Waals surface area (Å²) in [6.45, 7) is 2.01. The number of halogens is 1. The van der Waals surface area contributed by atoms with Crippen molar-refractivity contribution in [1.29, 1.82) is 0 Å². The minimum absolute atomic E-state index is 0. The van der Waals surface area contributed by atoms with Gasteiger partial charge in [-0.05, 0) is 12.5 Å². The summed E-state index contributed by atoms with van der Waals surface area (Å²) in [6.07, 6.45) is 0.990. The Balaban J connectivity index is 0.00000289. The predicted molar refractivity (Wildman–Crippen MR) is 74.6 cm³/mol. The number of ether oxygens (including phenoxy) is 2. The van der Waals surface area contributed by atoms with Crippen molar-refractivity contribution in [3.8, 4) is 11.5 Å². The summed E-state index contributed by atoms with van der Waals surface area (Å²) in [5.41, 5.74) is 6.81. The molecule has 2 atom stereocenters. The van der Waals surface area contributed by atoms with Crippen LogP contribution in [0.2, 0.25) is 0 Å². The van der Waals surface area contributed by atoms with Crippen LogP contribution in [0.25, 0.3) is 0 Å². The molecule has 104 valence electrons. The molecule has 0 aliphatic heterocycles. The van der Waals surface area contributed by atoms with Crippen LogP contribution in [0, 0.1) is 0 Å². The Morgan fingerprint density at radius 1 is 1.28 bits per heavy atom. The summed E-state index contributed by atoms with van der Waals surface area (Å²) in [4.78, 5) is 0. The van der Waals surface area contributed by atoms with Crippen molar-refractivity contribution in [2.75, 3.05) is 14.2 Å². The van der Waals surface area contributed by atoms with Gasteiger partial charge in [0.15, 0.2) is 11.5 Å². The monoisotopic (exact) mass is 275 g/mol. The van der Waals surface area contributed by atoms with E-state index < -0.39 is 12.1 Å². The summed E-state index contributed by atoms with van der Waals surface area (Å²) < 4.78 is 10.5. The third-order valence-electron chi connectivity index (χ3n) is 2.79. The zero-order chi connectivity index (χ0) is 12.8. The van der Waals surface area contributed by atoms with Crippen LogP contribution in [0.3, 0.4) is 0 Å². The number of nitrogens with two attached hydrogens (primary N) is 1. The maximum absolute atomic E-state index is 9.93. The van der Waals surface area contributed by atoms with Gasteiger partial charge in [-0.2, -0.15) is 0 Å². The van der Waals surface area contributed by atoms with Crippen LogP contribution in [-0.2, 0) is 0 Å². The second kappa shape index (κ2) is 8.19. The highest BCUT2D eigenvalue weighted by atomic mass is 35.5. The van der Waals surface area contributed by atoms with Crippen LogP contribution in [0.15, 0.2) is 18.2 Å². The molecule has 0 fully saturated rings. The zero-order valence-electron chi connectivity index (χ0n) is 11.1. The van der Waals surface area contributed by atoms with E-state index in [-0.39, 0.29) is 12.4 Å². The molecule has 0 aliphatic rings. The van der Waals surface area contributed by atoms with Gasteiger partial charge in [0.05, 0.1) is 26.4 Å². The molecule has 0 radical (unpaired) electrons. The van der Waals surface area contributed by atoms with Gasteiger partial charge in [0, 0.05) is 5.56 Å². The van der Waals surface area contributed by atoms with E-state index in [4.69, 9.17) is 15.2 Å². The highest BCUT2D eigenvalue weighted by Gasteiger charge is 2.21. The fourth-order valence-electron chi connectivity index (χ4n) is 1.86. The largest absolute Gasteiger partial charge is 0.493 e. The van der Waals surface area contributed by atoms with Crippen molar-refractivity contribution in [3.05, 3.63) is 23.8 Å². The van der Waals surface area contributed by atoms with Crippen molar-refractivity contribution >= 4 is 12.4 Å². The second-order valence-electron chi connectivity index (χ2n) is 3.96. The fraction of sp³-hybridized carbons (Fsp3) is 0.538. The lowest BCUT2D eigenvalue weighted by Gasteiger charge is -2.21. The molecular formula is C13H22ClNO3. The third-order valence-corrected chi connectivity index (χ3v) is 2.79. The molecule has 1 aromatic carbocycles. The maximum atomic E-state index is 9.93. The zero-order valence-corrected chi connectivity index (χ0v) is 11.9. The lowest BCUT2D eigenvalue weighted by Crippen LogP contribution is -2.26. The van der Waals surface area contributed by atoms with Crippen molar-refractivity contribution in [1.82, 2.24) is 0 Å². The summed E-state index contributed by atoms with van der Waals surface area (Å²) in [7, 11) is 3.15. The van der Waals surface area contributed by atoms with Gasteiger partial charge in [0.25, 0.3) is 0 Å². The Kier molecular flexibility index (Phi) is 7.75. The van der Waals surface area contributed by atoms with Crippen LogP contribution in [0.4, 0.5) is 0 Å². The molecule has 0 unspecified atom stereocenters. The first-order chi connectivity index (χ1) is 8.15. The first-order valence-electron chi connectivity index (χ1n) is 5.80. The lowest BCUT2D eigenvalue weighted by molar-refractivity contribution is 0.133. The Labute approximate surface area is 115 Å². The smallest absolute Gasteiger partial charge is 0.165 e. The number of aliphatic hydroxyl groups excluding tert-OH is 1. The SMILES string of the molecule is CCC[C@@H](O)[C@@H](N)c1cccc(OC)c1OC.Cl. The van der Waals surface area contributed by atoms with Gasteiger partial charge in [0.2, 0.25) is 0 Å². The van der Waals surface area contributed by atoms with Crippen molar-refractivity contribution in [2.45, 2.75) is 31.9 Å². The van der Waals surface area contributed by atoms with E-state index in [1.807, 2.05) is 19.1 Å². The van der Waals surface area contributed by atoms with Gasteiger partial charge in [-0.15, -0.1) is 12.4 Å². The van der Waals surface area contributed by atoms with Gasteiger partial charge >= 0.3 is 0 Å². The van der Waals surface area contributed by atoms with Crippen LogP contribution < -0.4 is 15.2 Å². The number of rotatable bonds is 6. The lowest BCUT2D eigenvalue weighted by atomic mass is 9.98. The standard InChI is InChI=1S/C13H21NO3.ClH/c1-4-6-10(15)12(14)9-7-5-8-11(16-2)13(9)17-3;/h5,7-8,10,12,15H,4,6,14H2,1-3H3;1H/t10-,12+;/m1./s1. The van der Waals surface area contributed by atoms with E-state index in [2.05, 4.69) is 0 Å². The van der Waals surface area contributed by atoms with E-state index in [9.17, 15) is 5.11 Å². The van der Waals surface area contributed by atoms with E-state index in [0.717, 1.165) is 12.0 Å². The highest BCUT2D eigenvalue weighted by molar-refractivity contribution is 5.85. The minimum atomic E-state index is -0.569. The van der Waals surface area contributed by atoms with E-state index in [0.29, 0.717) is 17.9 Å². The molecule has 0 bridgehead atoms. The van der Waals surface area contributed by atoms with Crippen LogP contribution in [0.1, 0.15) is 31.4 Å². The summed E-state index contributed by atoms with van der Waals surface area (Å²) in [6, 6.07) is 5.04. The molecule has 0 saturated carbocycles. The predicted octanol–water partition coefficient (Wildman–Crippen LogP) is 2.29. The third kappa shape index (κ3) is 3.77. The van der Waals surface area contributed by atoms with Crippen LogP contribution >= 0.6 is 12.4 Å². The molecule has 0 aromatic heterocycles. The molecule has 0 amide bonds. The number of aliphatic hydroxyl groups is 1. The van der Waals surface area contributed by atoms with Crippen LogP contribution in [-0.4, -0.2) is 25.4 Å². The van der Waals surface area contributed by atoms with Gasteiger partial charge < -0.3 is 20.3 Å². The number of benzene rings is 1. The van der Waals surface area contributed by atoms with E-state index >= 15 is 0 Å². The molecule has 4 nitrogen and oxygen atoms in total. The summed E-state index contributed by atoms with van der Waals surface area (Å²) >= 11 is 0. The maximum Gasteiger partial charge on any atom is 0.165 e. The Bertz CT molecular complexity index is 360. The quantitative estimate of drug-likeness (QED) is 0.836. The first-order valence-corrected chi connectivity index (χ1v) is 5.80. The normalized spacial score (nSPS) is 13.4. The average molecular weight is 276 g/mol. The molecule has 18 heavy (non-hydrogen) atoms. The molecule has 1 rings (SSSR count). The highest BCUT2D eigenvalue weighted by Crippen LogP contribution is 2.35. The van der Waals surface area contributed by atoms with E-state index in [1.165, 1.54) is 0 Å². The average Bonchev–Trinajstić information content (AvgIpc) is 2.36. The first kappa shape index (κ1) is 17.0. The Morgan fingerprint density at radius 3 is 2.44 bits per heavy atom. The number of hydrogen-bond acceptors (Lipinski definition) is 4. The number of methoxy groups -OCH3 is 2. The molecule has 5 heteroatoms. The summed E-state index contributed by atoms with van der Waals surface area (Å²) in [5, 5.41) is 9.93. The minimum Gasteiger partial charge on any atom is -0.493 e. The molecule has 0 heterocycles. The molecular weight excluding hydrogens is 254 g/mol. The van der Waals surface area contributed by atoms with Gasteiger partial charge in [-0.25, -0.2) is 0 Å².